The number of aromatic nitrogens is 2. The fraction of sp³-hybridized carbons (Fsp3) is 0.611. The number of nitrogens with zero attached hydrogens (tertiary/aromatic N) is 3. The lowest BCUT2D eigenvalue weighted by Crippen LogP contribution is -2.42. The second-order valence-corrected chi connectivity index (χ2v) is 7.16. The molecular formula is C18H30ClN7O3. The van der Waals surface area contributed by atoms with Crippen molar-refractivity contribution in [2.45, 2.75) is 64.2 Å². The number of amides is 1. The normalized spacial score (nSPS) is 10.7. The lowest BCUT2D eigenvalue weighted by Gasteiger charge is -2.20. The molecule has 11 heteroatoms. The Balaban J connectivity index is 2.32. The summed E-state index contributed by atoms with van der Waals surface area (Å²) < 4.78 is 0. The number of hydrogen-bond donors (Lipinski definition) is 5. The SMILES string of the molecule is N=C(N)N(CCCCCCCCCCCC(=O)O)C(=O)c1nc(Cl)c(N)nc1N. The van der Waals surface area contributed by atoms with Crippen molar-refractivity contribution in [1.29, 1.82) is 5.41 Å². The number of aliphatic carboxylic acids is 1. The molecule has 1 aromatic rings. The number of carboxylic acids is 1. The van der Waals surface area contributed by atoms with Gasteiger partial charge in [0.1, 0.15) is 0 Å². The molecule has 0 unspecified atom stereocenters. The Labute approximate surface area is 175 Å². The number of carbonyl (C=O) groups is 2. The first-order valence-electron chi connectivity index (χ1n) is 9.70. The maximum atomic E-state index is 12.6. The molecule has 0 aliphatic carbocycles. The van der Waals surface area contributed by atoms with Gasteiger partial charge in [-0.15, -0.1) is 0 Å². The Morgan fingerprint density at radius 2 is 1.45 bits per heavy atom. The minimum absolute atomic E-state index is 0.0722. The van der Waals surface area contributed by atoms with Crippen LogP contribution in [0, 0.1) is 5.41 Å². The average molecular weight is 428 g/mol. The van der Waals surface area contributed by atoms with Gasteiger partial charge in [0, 0.05) is 13.0 Å². The van der Waals surface area contributed by atoms with Crippen LogP contribution < -0.4 is 17.2 Å². The summed E-state index contributed by atoms with van der Waals surface area (Å²) in [4.78, 5) is 31.7. The van der Waals surface area contributed by atoms with Gasteiger partial charge >= 0.3 is 5.97 Å². The molecule has 1 aromatic heterocycles. The van der Waals surface area contributed by atoms with E-state index in [1.807, 2.05) is 0 Å². The highest BCUT2D eigenvalue weighted by atomic mass is 35.5. The lowest BCUT2D eigenvalue weighted by molar-refractivity contribution is -0.137. The third kappa shape index (κ3) is 8.95. The zero-order valence-corrected chi connectivity index (χ0v) is 17.2. The number of guanidine groups is 1. The molecule has 0 spiro atoms. The second-order valence-electron chi connectivity index (χ2n) is 6.80. The predicted molar refractivity (Wildman–Crippen MR) is 113 cm³/mol. The van der Waals surface area contributed by atoms with Gasteiger partial charge in [0.25, 0.3) is 5.91 Å². The monoisotopic (exact) mass is 427 g/mol. The maximum absolute atomic E-state index is 12.6. The van der Waals surface area contributed by atoms with Crippen molar-refractivity contribution >= 4 is 41.1 Å². The molecule has 0 fully saturated rings. The summed E-state index contributed by atoms with van der Waals surface area (Å²) in [5.41, 5.74) is 16.6. The summed E-state index contributed by atoms with van der Waals surface area (Å²) >= 11 is 5.81. The zero-order valence-electron chi connectivity index (χ0n) is 16.5. The van der Waals surface area contributed by atoms with E-state index >= 15 is 0 Å². The third-order valence-corrected chi connectivity index (χ3v) is 4.69. The highest BCUT2D eigenvalue weighted by Gasteiger charge is 2.23. The van der Waals surface area contributed by atoms with Crippen LogP contribution in [0.1, 0.15) is 74.7 Å². The van der Waals surface area contributed by atoms with E-state index in [9.17, 15) is 9.59 Å². The first-order valence-corrected chi connectivity index (χ1v) is 10.1. The van der Waals surface area contributed by atoms with Gasteiger partial charge in [-0.3, -0.25) is 19.9 Å². The van der Waals surface area contributed by atoms with Gasteiger partial charge in [0.2, 0.25) is 0 Å². The summed E-state index contributed by atoms with van der Waals surface area (Å²) in [5.74, 6) is -2.00. The van der Waals surface area contributed by atoms with Crippen LogP contribution in [-0.4, -0.2) is 44.4 Å². The molecule has 162 valence electrons. The fourth-order valence-corrected chi connectivity index (χ4v) is 2.97. The first kappa shape index (κ1) is 24.4. The molecule has 1 heterocycles. The zero-order chi connectivity index (χ0) is 21.8. The van der Waals surface area contributed by atoms with Crippen LogP contribution in [0.4, 0.5) is 11.6 Å². The van der Waals surface area contributed by atoms with Crippen molar-refractivity contribution in [2.24, 2.45) is 5.73 Å². The van der Waals surface area contributed by atoms with E-state index in [4.69, 9.17) is 39.3 Å². The van der Waals surface area contributed by atoms with Gasteiger partial charge in [-0.2, -0.15) is 0 Å². The van der Waals surface area contributed by atoms with E-state index in [-0.39, 0.29) is 35.4 Å². The molecule has 0 bridgehead atoms. The van der Waals surface area contributed by atoms with Crippen LogP contribution in [0.25, 0.3) is 0 Å². The number of halogens is 1. The molecule has 1 amide bonds. The number of nitrogen functional groups attached to an aromatic ring is 2. The summed E-state index contributed by atoms with van der Waals surface area (Å²) in [6.45, 7) is 0.270. The quantitative estimate of drug-likeness (QED) is 0.180. The van der Waals surface area contributed by atoms with Crippen molar-refractivity contribution in [2.75, 3.05) is 18.0 Å². The van der Waals surface area contributed by atoms with Crippen molar-refractivity contribution < 1.29 is 14.7 Å². The van der Waals surface area contributed by atoms with Crippen molar-refractivity contribution in [1.82, 2.24) is 14.9 Å². The Kier molecular flexibility index (Phi) is 10.7. The van der Waals surface area contributed by atoms with Crippen LogP contribution in [0.5, 0.6) is 0 Å². The van der Waals surface area contributed by atoms with Gasteiger partial charge < -0.3 is 22.3 Å². The highest BCUT2D eigenvalue weighted by molar-refractivity contribution is 6.31. The van der Waals surface area contributed by atoms with E-state index in [0.29, 0.717) is 6.42 Å². The largest absolute Gasteiger partial charge is 0.481 e. The van der Waals surface area contributed by atoms with Crippen LogP contribution in [0.3, 0.4) is 0 Å². The molecule has 0 radical (unpaired) electrons. The summed E-state index contributed by atoms with van der Waals surface area (Å²) in [6.07, 6.45) is 8.80. The van der Waals surface area contributed by atoms with Crippen molar-refractivity contribution in [3.05, 3.63) is 10.8 Å². The van der Waals surface area contributed by atoms with Crippen LogP contribution in [-0.2, 0) is 4.79 Å². The van der Waals surface area contributed by atoms with E-state index in [0.717, 1.165) is 56.3 Å². The summed E-state index contributed by atoms with van der Waals surface area (Å²) in [6, 6.07) is 0. The number of hydrogen-bond acceptors (Lipinski definition) is 7. The molecule has 29 heavy (non-hydrogen) atoms. The third-order valence-electron chi connectivity index (χ3n) is 4.42. The van der Waals surface area contributed by atoms with Crippen LogP contribution in [0.2, 0.25) is 5.15 Å². The maximum Gasteiger partial charge on any atom is 0.303 e. The lowest BCUT2D eigenvalue weighted by atomic mass is 10.1. The molecule has 10 nitrogen and oxygen atoms in total. The minimum atomic E-state index is -0.739. The number of nitrogens with one attached hydrogen (secondary N) is 1. The molecule has 0 saturated carbocycles. The van der Waals surface area contributed by atoms with Crippen LogP contribution in [0.15, 0.2) is 0 Å². The number of nitrogens with two attached hydrogens (primary N) is 3. The molecule has 1 rings (SSSR count). The standard InChI is InChI=1S/C18H30ClN7O3/c19-14-16(21)25-15(20)13(24-14)17(29)26(18(22)23)11-9-7-5-3-1-2-4-6-8-10-12(27)28/h1-11H2,(H3,22,23)(H,27,28)(H4,20,21,25). The fourth-order valence-electron chi connectivity index (χ4n) is 2.84. The molecule has 0 aliphatic heterocycles. The number of carbonyl (C=O) groups excluding carboxylic acids is 1. The summed E-state index contributed by atoms with van der Waals surface area (Å²) in [5, 5.41) is 16.1. The highest BCUT2D eigenvalue weighted by Crippen LogP contribution is 2.19. The number of carboxylic acid groups (broad SMARTS) is 1. The Morgan fingerprint density at radius 3 is 1.97 bits per heavy atom. The van der Waals surface area contributed by atoms with Crippen molar-refractivity contribution in [3.8, 4) is 0 Å². The van der Waals surface area contributed by atoms with Gasteiger partial charge in [-0.1, -0.05) is 56.5 Å². The molecule has 8 N–H and O–H groups in total. The average Bonchev–Trinajstić information content (AvgIpc) is 2.64. The molecule has 0 aromatic carbocycles. The number of anilines is 2. The first-order chi connectivity index (χ1) is 13.7. The molecule has 0 atom stereocenters. The minimum Gasteiger partial charge on any atom is -0.481 e. The number of rotatable bonds is 13. The predicted octanol–water partition coefficient (Wildman–Crippen LogP) is 2.62. The molecular weight excluding hydrogens is 398 g/mol. The van der Waals surface area contributed by atoms with Gasteiger partial charge in [-0.05, 0) is 12.8 Å². The Bertz CT molecular complexity index is 715. The smallest absolute Gasteiger partial charge is 0.303 e. The number of unbranched alkanes of at least 4 members (excludes halogenated alkanes) is 8. The van der Waals surface area contributed by atoms with Gasteiger partial charge in [0.15, 0.2) is 28.4 Å². The molecule has 0 saturated heterocycles. The Hall–Kier alpha value is -2.62. The Morgan fingerprint density at radius 1 is 0.931 bits per heavy atom. The van der Waals surface area contributed by atoms with Crippen LogP contribution >= 0.6 is 11.6 Å². The van der Waals surface area contributed by atoms with E-state index in [1.165, 1.54) is 0 Å². The van der Waals surface area contributed by atoms with Crippen molar-refractivity contribution in [3.63, 3.8) is 0 Å². The molecule has 0 aliphatic rings. The van der Waals surface area contributed by atoms with E-state index < -0.39 is 17.8 Å². The van der Waals surface area contributed by atoms with Gasteiger partial charge in [-0.25, -0.2) is 9.97 Å². The van der Waals surface area contributed by atoms with E-state index in [1.54, 1.807) is 0 Å². The van der Waals surface area contributed by atoms with E-state index in [2.05, 4.69) is 9.97 Å². The van der Waals surface area contributed by atoms with Gasteiger partial charge in [0.05, 0.1) is 0 Å². The second kappa shape index (κ2) is 12.8. The summed E-state index contributed by atoms with van der Waals surface area (Å²) in [7, 11) is 0. The topological polar surface area (TPSA) is 185 Å².